The molecule has 1 fully saturated rings. The van der Waals surface area contributed by atoms with Gasteiger partial charge in [0.05, 0.1) is 0 Å². The summed E-state index contributed by atoms with van der Waals surface area (Å²) in [5, 5.41) is 12.7. The standard InChI is InChI=1S/C23H19BrN2O4S/c24-16-8-6-15(7-9-16)20-11-10-17(30-20)13-18-21(27)26(23(31)25-18)19(22(28)29)12-14-4-2-1-3-5-14/h1-10,13,19-20H,11-12H2,(H,25,31)(H,28,29)/b18-13+. The molecule has 31 heavy (non-hydrogen) atoms. The summed E-state index contributed by atoms with van der Waals surface area (Å²) in [4.78, 5) is 26.0. The van der Waals surface area contributed by atoms with Crippen molar-refractivity contribution >= 4 is 45.1 Å². The Labute approximate surface area is 193 Å². The maximum absolute atomic E-state index is 13.0. The number of hydrogen-bond donors (Lipinski definition) is 2. The molecule has 2 aromatic carbocycles. The zero-order valence-corrected chi connectivity index (χ0v) is 18.7. The van der Waals surface area contributed by atoms with Crippen molar-refractivity contribution in [1.29, 1.82) is 0 Å². The predicted molar refractivity (Wildman–Crippen MR) is 123 cm³/mol. The number of nitrogens with one attached hydrogen (secondary N) is 1. The van der Waals surface area contributed by atoms with Crippen LogP contribution in [0.15, 0.2) is 82.7 Å². The van der Waals surface area contributed by atoms with Crippen molar-refractivity contribution in [2.75, 3.05) is 0 Å². The van der Waals surface area contributed by atoms with Gasteiger partial charge in [-0.1, -0.05) is 58.4 Å². The number of carboxylic acid groups (broad SMARTS) is 1. The zero-order chi connectivity index (χ0) is 22.0. The number of aliphatic carboxylic acids is 1. The van der Waals surface area contributed by atoms with Gasteiger partial charge in [0.25, 0.3) is 5.91 Å². The van der Waals surface area contributed by atoms with E-state index in [4.69, 9.17) is 17.0 Å². The van der Waals surface area contributed by atoms with Crippen molar-refractivity contribution in [3.63, 3.8) is 0 Å². The summed E-state index contributed by atoms with van der Waals surface area (Å²) in [5.74, 6) is -1.05. The second-order valence-corrected chi connectivity index (χ2v) is 8.51. The molecular formula is C23H19BrN2O4S. The first-order valence-electron chi connectivity index (χ1n) is 9.67. The minimum absolute atomic E-state index is 0.0719. The SMILES string of the molecule is O=C(O)C(Cc1ccccc1)N1C(=O)/C(=C\C2=CCC(c3ccc(Br)cc3)O2)NC1=S. The number of rotatable bonds is 6. The lowest BCUT2D eigenvalue weighted by Crippen LogP contribution is -2.46. The highest BCUT2D eigenvalue weighted by atomic mass is 79.9. The Kier molecular flexibility index (Phi) is 6.20. The lowest BCUT2D eigenvalue weighted by atomic mass is 10.0. The molecule has 2 aliphatic heterocycles. The van der Waals surface area contributed by atoms with Crippen LogP contribution in [0.5, 0.6) is 0 Å². The molecule has 2 aliphatic rings. The average molecular weight is 499 g/mol. The van der Waals surface area contributed by atoms with Crippen LogP contribution < -0.4 is 5.32 Å². The minimum Gasteiger partial charge on any atom is -0.486 e. The summed E-state index contributed by atoms with van der Waals surface area (Å²) in [6, 6.07) is 15.9. The fraction of sp³-hybridized carbons (Fsp3) is 0.174. The third kappa shape index (κ3) is 4.70. The Morgan fingerprint density at radius 3 is 2.65 bits per heavy atom. The van der Waals surface area contributed by atoms with E-state index in [0.29, 0.717) is 12.2 Å². The lowest BCUT2D eigenvalue weighted by Gasteiger charge is -2.22. The number of amides is 1. The second kappa shape index (κ2) is 9.03. The number of hydrogen-bond acceptors (Lipinski definition) is 4. The van der Waals surface area contributed by atoms with Crippen LogP contribution in [0.1, 0.15) is 23.7 Å². The maximum Gasteiger partial charge on any atom is 0.327 e. The van der Waals surface area contributed by atoms with Crippen molar-refractivity contribution in [3.05, 3.63) is 93.8 Å². The Bertz CT molecular complexity index is 1080. The predicted octanol–water partition coefficient (Wildman–Crippen LogP) is 4.09. The van der Waals surface area contributed by atoms with Gasteiger partial charge in [-0.3, -0.25) is 9.69 Å². The van der Waals surface area contributed by atoms with Crippen LogP contribution in [0.3, 0.4) is 0 Å². The Balaban J connectivity index is 1.49. The first-order valence-corrected chi connectivity index (χ1v) is 10.9. The van der Waals surface area contributed by atoms with Gasteiger partial charge in [0.15, 0.2) is 5.11 Å². The van der Waals surface area contributed by atoms with Gasteiger partial charge in [-0.2, -0.15) is 0 Å². The lowest BCUT2D eigenvalue weighted by molar-refractivity contribution is -0.145. The molecule has 6 nitrogen and oxygen atoms in total. The maximum atomic E-state index is 13.0. The summed E-state index contributed by atoms with van der Waals surface area (Å²) in [5.41, 5.74) is 2.04. The molecule has 1 saturated heterocycles. The highest BCUT2D eigenvalue weighted by Gasteiger charge is 2.40. The fourth-order valence-corrected chi connectivity index (χ4v) is 4.14. The highest BCUT2D eigenvalue weighted by molar-refractivity contribution is 9.10. The van der Waals surface area contributed by atoms with Gasteiger partial charge in [-0.25, -0.2) is 4.79 Å². The summed E-state index contributed by atoms with van der Waals surface area (Å²) in [6.07, 6.45) is 4.18. The van der Waals surface area contributed by atoms with Crippen LogP contribution in [0.4, 0.5) is 0 Å². The molecule has 1 amide bonds. The quantitative estimate of drug-likeness (QED) is 0.461. The van der Waals surface area contributed by atoms with Crippen LogP contribution in [-0.2, 0) is 20.7 Å². The van der Waals surface area contributed by atoms with E-state index in [0.717, 1.165) is 20.5 Å². The van der Waals surface area contributed by atoms with Crippen LogP contribution in [0.25, 0.3) is 0 Å². The van der Waals surface area contributed by atoms with E-state index in [1.807, 2.05) is 60.7 Å². The number of carbonyl (C=O) groups excluding carboxylic acids is 1. The van der Waals surface area contributed by atoms with Crippen LogP contribution in [-0.4, -0.2) is 33.0 Å². The number of carbonyl (C=O) groups is 2. The molecule has 8 heteroatoms. The van der Waals surface area contributed by atoms with Crippen LogP contribution >= 0.6 is 28.1 Å². The van der Waals surface area contributed by atoms with E-state index in [9.17, 15) is 14.7 Å². The summed E-state index contributed by atoms with van der Waals surface area (Å²) >= 11 is 8.70. The number of benzene rings is 2. The van der Waals surface area contributed by atoms with Crippen LogP contribution in [0, 0.1) is 0 Å². The third-order valence-corrected chi connectivity index (χ3v) is 5.95. The summed E-state index contributed by atoms with van der Waals surface area (Å²) < 4.78 is 6.96. The fourth-order valence-electron chi connectivity index (χ4n) is 3.56. The first kappa shape index (κ1) is 21.3. The largest absolute Gasteiger partial charge is 0.486 e. The van der Waals surface area contributed by atoms with E-state index in [-0.39, 0.29) is 23.3 Å². The Morgan fingerprint density at radius 1 is 1.26 bits per heavy atom. The Hall–Kier alpha value is -2.97. The van der Waals surface area contributed by atoms with Crippen molar-refractivity contribution in [1.82, 2.24) is 10.2 Å². The molecule has 2 unspecified atom stereocenters. The number of thiocarbonyl (C=S) groups is 1. The highest BCUT2D eigenvalue weighted by Crippen LogP contribution is 2.33. The van der Waals surface area contributed by atoms with E-state index in [1.54, 1.807) is 6.08 Å². The topological polar surface area (TPSA) is 78.9 Å². The molecule has 0 saturated carbocycles. The van der Waals surface area contributed by atoms with Gasteiger partial charge in [0, 0.05) is 23.4 Å². The van der Waals surface area contributed by atoms with Crippen molar-refractivity contribution in [2.45, 2.75) is 25.0 Å². The monoisotopic (exact) mass is 498 g/mol. The molecule has 0 spiro atoms. The zero-order valence-electron chi connectivity index (χ0n) is 16.3. The number of allylic oxidation sites excluding steroid dienone is 1. The van der Waals surface area contributed by atoms with Gasteiger partial charge in [-0.15, -0.1) is 0 Å². The normalized spacial score (nSPS) is 20.4. The average Bonchev–Trinajstić information content (AvgIpc) is 3.32. The van der Waals surface area contributed by atoms with E-state index >= 15 is 0 Å². The molecule has 158 valence electrons. The molecule has 0 aliphatic carbocycles. The number of halogens is 1. The minimum atomic E-state index is -1.12. The molecule has 2 atom stereocenters. The van der Waals surface area contributed by atoms with Crippen molar-refractivity contribution in [2.24, 2.45) is 0 Å². The van der Waals surface area contributed by atoms with E-state index < -0.39 is 17.9 Å². The molecule has 4 rings (SSSR count). The molecular weight excluding hydrogens is 480 g/mol. The smallest absolute Gasteiger partial charge is 0.327 e. The van der Waals surface area contributed by atoms with Crippen LogP contribution in [0.2, 0.25) is 0 Å². The van der Waals surface area contributed by atoms with Gasteiger partial charge in [0.2, 0.25) is 0 Å². The summed E-state index contributed by atoms with van der Waals surface area (Å²) in [7, 11) is 0. The Morgan fingerprint density at radius 2 is 1.97 bits per heavy atom. The second-order valence-electron chi connectivity index (χ2n) is 7.21. The third-order valence-electron chi connectivity index (χ3n) is 5.12. The van der Waals surface area contributed by atoms with Gasteiger partial charge >= 0.3 is 5.97 Å². The molecule has 2 N–H and O–H groups in total. The molecule has 0 aromatic heterocycles. The van der Waals surface area contributed by atoms with Crippen molar-refractivity contribution in [3.8, 4) is 0 Å². The van der Waals surface area contributed by atoms with Gasteiger partial charge in [-0.05, 0) is 41.6 Å². The molecule has 0 bridgehead atoms. The number of carboxylic acids is 1. The number of ether oxygens (including phenoxy) is 1. The molecule has 2 heterocycles. The number of nitrogens with zero attached hydrogens (tertiary/aromatic N) is 1. The van der Waals surface area contributed by atoms with E-state index in [2.05, 4.69) is 21.2 Å². The van der Waals surface area contributed by atoms with Crippen molar-refractivity contribution < 1.29 is 19.4 Å². The molecule has 2 aromatic rings. The van der Waals surface area contributed by atoms with E-state index in [1.165, 1.54) is 0 Å². The summed E-state index contributed by atoms with van der Waals surface area (Å²) in [6.45, 7) is 0. The van der Waals surface area contributed by atoms with Gasteiger partial charge in [0.1, 0.15) is 23.6 Å². The molecule has 0 radical (unpaired) electrons. The van der Waals surface area contributed by atoms with Gasteiger partial charge < -0.3 is 15.2 Å². The first-order chi connectivity index (χ1) is 14.9.